The van der Waals surface area contributed by atoms with Gasteiger partial charge >= 0.3 is 17.9 Å². The molecule has 0 fully saturated rings. The second-order valence-electron chi connectivity index (χ2n) is 21.0. The first kappa shape index (κ1) is 71.3. The van der Waals surface area contributed by atoms with E-state index in [4.69, 9.17) is 14.2 Å². The van der Waals surface area contributed by atoms with Gasteiger partial charge in [-0.1, -0.05) is 298 Å². The van der Waals surface area contributed by atoms with Gasteiger partial charge in [0.15, 0.2) is 6.10 Å². The van der Waals surface area contributed by atoms with Crippen molar-refractivity contribution >= 4 is 17.9 Å². The van der Waals surface area contributed by atoms with Crippen molar-refractivity contribution in [1.29, 1.82) is 0 Å². The Morgan fingerprint density at radius 2 is 0.520 bits per heavy atom. The lowest BCUT2D eigenvalue weighted by Gasteiger charge is -2.18. The standard InChI is InChI=1S/C69H118O6/c1-4-7-10-13-15-17-19-21-23-25-27-29-31-33-34-36-37-39-41-43-45-47-49-51-53-56-59-62-68(71)74-65-66(64-73-67(70)61-58-55-12-9-6-3)75-69(72)63-60-57-54-52-50-48-46-44-42-40-38-35-32-30-28-26-24-22-20-18-16-14-11-8-5-2/h7,10,15,17,21,23,27,29,33-34,37,39,43,45,49,51,66H,4-6,8-9,11-14,16,18-20,22,24-26,28,30-32,35-36,38,40-42,44,46-48,50,52-65H2,1-3H3/b10-7-,17-15-,23-21-,29-27-,34-33-,39-37-,45-43-,51-49-. The first-order chi connectivity index (χ1) is 37.0. The van der Waals surface area contributed by atoms with E-state index in [1.807, 2.05) is 0 Å². The number of carbonyl (C=O) groups is 3. The minimum Gasteiger partial charge on any atom is -0.462 e. The van der Waals surface area contributed by atoms with Gasteiger partial charge < -0.3 is 14.2 Å². The average molecular weight is 1040 g/mol. The molecule has 1 atom stereocenters. The zero-order chi connectivity index (χ0) is 54.3. The van der Waals surface area contributed by atoms with Crippen LogP contribution in [-0.2, 0) is 28.6 Å². The lowest BCUT2D eigenvalue weighted by molar-refractivity contribution is -0.167. The van der Waals surface area contributed by atoms with Crippen molar-refractivity contribution in [3.8, 4) is 0 Å². The molecule has 0 aliphatic heterocycles. The fourth-order valence-corrected chi connectivity index (χ4v) is 8.87. The molecule has 430 valence electrons. The molecule has 6 nitrogen and oxygen atoms in total. The van der Waals surface area contributed by atoms with E-state index in [0.29, 0.717) is 19.3 Å². The Kier molecular flexibility index (Phi) is 59.8. The summed E-state index contributed by atoms with van der Waals surface area (Å²) in [4.78, 5) is 37.9. The van der Waals surface area contributed by atoms with E-state index >= 15 is 0 Å². The van der Waals surface area contributed by atoms with Crippen LogP contribution < -0.4 is 0 Å². The van der Waals surface area contributed by atoms with E-state index in [0.717, 1.165) is 116 Å². The molecule has 0 heterocycles. The summed E-state index contributed by atoms with van der Waals surface area (Å²) in [5.74, 6) is -0.941. The van der Waals surface area contributed by atoms with Crippen LogP contribution in [0.1, 0.15) is 303 Å². The molecule has 0 saturated carbocycles. The number of unbranched alkanes of at least 4 members (excludes halogenated alkanes) is 30. The molecule has 0 aliphatic carbocycles. The Bertz CT molecular complexity index is 1480. The molecule has 0 bridgehead atoms. The zero-order valence-electron chi connectivity index (χ0n) is 49.3. The Balaban J connectivity index is 4.13. The van der Waals surface area contributed by atoms with Gasteiger partial charge in [-0.3, -0.25) is 14.4 Å². The number of esters is 3. The van der Waals surface area contributed by atoms with E-state index in [1.54, 1.807) is 0 Å². The SMILES string of the molecule is CC/C=C\C/C=C\C/C=C\C/C=C\C/C=C\C/C=C\C/C=C\C/C=C\CCCCC(=O)OCC(COC(=O)CCCCCCC)OC(=O)CCCCCCCCCCCCCCCCCCCCCCCCCCC. The maximum absolute atomic E-state index is 12.8. The van der Waals surface area contributed by atoms with Gasteiger partial charge in [0, 0.05) is 19.3 Å². The molecule has 0 saturated heterocycles. The highest BCUT2D eigenvalue weighted by Gasteiger charge is 2.19. The molecular formula is C69H118O6. The molecule has 0 radical (unpaired) electrons. The summed E-state index contributed by atoms with van der Waals surface area (Å²) >= 11 is 0. The van der Waals surface area contributed by atoms with Crippen LogP contribution >= 0.6 is 0 Å². The van der Waals surface area contributed by atoms with E-state index < -0.39 is 6.10 Å². The second-order valence-corrected chi connectivity index (χ2v) is 21.0. The predicted octanol–water partition coefficient (Wildman–Crippen LogP) is 21.7. The lowest BCUT2D eigenvalue weighted by Crippen LogP contribution is -2.30. The Morgan fingerprint density at radius 3 is 0.813 bits per heavy atom. The monoisotopic (exact) mass is 1040 g/mol. The third-order valence-electron chi connectivity index (χ3n) is 13.6. The molecule has 0 aliphatic rings. The summed E-state index contributed by atoms with van der Waals surface area (Å²) in [5, 5.41) is 0. The van der Waals surface area contributed by atoms with Crippen LogP contribution in [0.3, 0.4) is 0 Å². The average Bonchev–Trinajstić information content (AvgIpc) is 3.41. The van der Waals surface area contributed by atoms with Crippen LogP contribution in [0.5, 0.6) is 0 Å². The van der Waals surface area contributed by atoms with Gasteiger partial charge in [0.25, 0.3) is 0 Å². The summed E-state index contributed by atoms with van der Waals surface area (Å²) in [6.07, 6.45) is 84.7. The van der Waals surface area contributed by atoms with Gasteiger partial charge in [0.1, 0.15) is 13.2 Å². The molecule has 0 aromatic rings. The fourth-order valence-electron chi connectivity index (χ4n) is 8.87. The molecule has 0 amide bonds. The van der Waals surface area contributed by atoms with E-state index in [2.05, 4.69) is 118 Å². The van der Waals surface area contributed by atoms with Crippen molar-refractivity contribution in [2.45, 2.75) is 309 Å². The van der Waals surface area contributed by atoms with E-state index in [-0.39, 0.29) is 31.1 Å². The molecule has 0 aromatic carbocycles. The topological polar surface area (TPSA) is 78.9 Å². The highest BCUT2D eigenvalue weighted by atomic mass is 16.6. The Labute approximate surface area is 464 Å². The fraction of sp³-hybridized carbons (Fsp3) is 0.725. The third kappa shape index (κ3) is 61.1. The van der Waals surface area contributed by atoms with Crippen LogP contribution in [0.2, 0.25) is 0 Å². The van der Waals surface area contributed by atoms with Crippen molar-refractivity contribution < 1.29 is 28.6 Å². The smallest absolute Gasteiger partial charge is 0.306 e. The zero-order valence-corrected chi connectivity index (χ0v) is 49.3. The van der Waals surface area contributed by atoms with E-state index in [1.165, 1.54) is 148 Å². The Morgan fingerprint density at radius 1 is 0.280 bits per heavy atom. The summed E-state index contributed by atoms with van der Waals surface area (Å²) in [7, 11) is 0. The molecule has 0 rings (SSSR count). The summed E-state index contributed by atoms with van der Waals surface area (Å²) in [6.45, 7) is 6.43. The number of ether oxygens (including phenoxy) is 3. The van der Waals surface area contributed by atoms with Crippen LogP contribution in [0.25, 0.3) is 0 Å². The first-order valence-electron chi connectivity index (χ1n) is 31.7. The van der Waals surface area contributed by atoms with E-state index in [9.17, 15) is 14.4 Å². The van der Waals surface area contributed by atoms with Crippen LogP contribution in [0, 0.1) is 0 Å². The first-order valence-corrected chi connectivity index (χ1v) is 31.7. The maximum Gasteiger partial charge on any atom is 0.306 e. The largest absolute Gasteiger partial charge is 0.462 e. The highest BCUT2D eigenvalue weighted by Crippen LogP contribution is 2.17. The van der Waals surface area contributed by atoms with Crippen LogP contribution in [0.4, 0.5) is 0 Å². The normalized spacial score (nSPS) is 12.7. The Hall–Kier alpha value is -3.67. The molecule has 0 aromatic heterocycles. The van der Waals surface area contributed by atoms with Crippen LogP contribution in [-0.4, -0.2) is 37.2 Å². The predicted molar refractivity (Wildman–Crippen MR) is 325 cm³/mol. The molecule has 6 heteroatoms. The quantitative estimate of drug-likeness (QED) is 0.0261. The van der Waals surface area contributed by atoms with Gasteiger partial charge in [-0.05, 0) is 83.5 Å². The number of hydrogen-bond acceptors (Lipinski definition) is 6. The second kappa shape index (κ2) is 62.9. The van der Waals surface area contributed by atoms with Gasteiger partial charge in [0.05, 0.1) is 0 Å². The van der Waals surface area contributed by atoms with Crippen molar-refractivity contribution in [2.24, 2.45) is 0 Å². The van der Waals surface area contributed by atoms with Crippen molar-refractivity contribution in [1.82, 2.24) is 0 Å². The summed E-state index contributed by atoms with van der Waals surface area (Å²) in [5.41, 5.74) is 0. The van der Waals surface area contributed by atoms with Crippen molar-refractivity contribution in [3.05, 3.63) is 97.2 Å². The summed E-state index contributed by atoms with van der Waals surface area (Å²) in [6, 6.07) is 0. The minimum atomic E-state index is -0.792. The number of hydrogen-bond donors (Lipinski definition) is 0. The minimum absolute atomic E-state index is 0.0904. The third-order valence-corrected chi connectivity index (χ3v) is 13.6. The number of carbonyl (C=O) groups excluding carboxylic acids is 3. The van der Waals surface area contributed by atoms with Gasteiger partial charge in [-0.25, -0.2) is 0 Å². The molecule has 0 N–H and O–H groups in total. The maximum atomic E-state index is 12.8. The number of rotatable bonds is 57. The molecular weight excluding hydrogens is 925 g/mol. The molecule has 0 spiro atoms. The lowest BCUT2D eigenvalue weighted by atomic mass is 10.0. The molecule has 1 unspecified atom stereocenters. The number of allylic oxidation sites excluding steroid dienone is 16. The molecule has 75 heavy (non-hydrogen) atoms. The van der Waals surface area contributed by atoms with Gasteiger partial charge in [-0.15, -0.1) is 0 Å². The van der Waals surface area contributed by atoms with Gasteiger partial charge in [-0.2, -0.15) is 0 Å². The summed E-state index contributed by atoms with van der Waals surface area (Å²) < 4.78 is 16.7. The van der Waals surface area contributed by atoms with Crippen molar-refractivity contribution in [2.75, 3.05) is 13.2 Å². The van der Waals surface area contributed by atoms with Crippen LogP contribution in [0.15, 0.2) is 97.2 Å². The van der Waals surface area contributed by atoms with Gasteiger partial charge in [0.2, 0.25) is 0 Å². The highest BCUT2D eigenvalue weighted by molar-refractivity contribution is 5.71. The van der Waals surface area contributed by atoms with Crippen molar-refractivity contribution in [3.63, 3.8) is 0 Å².